The summed E-state index contributed by atoms with van der Waals surface area (Å²) >= 11 is 0. The van der Waals surface area contributed by atoms with E-state index in [0.29, 0.717) is 12.3 Å². The van der Waals surface area contributed by atoms with Crippen molar-refractivity contribution in [1.29, 1.82) is 0 Å². The fourth-order valence-corrected chi connectivity index (χ4v) is 2.80. The normalized spacial score (nSPS) is 13.4. The van der Waals surface area contributed by atoms with Gasteiger partial charge in [-0.15, -0.1) is 0 Å². The second-order valence-electron chi connectivity index (χ2n) is 5.21. The molecule has 5 heteroatoms. The van der Waals surface area contributed by atoms with Crippen LogP contribution in [0.15, 0.2) is 47.1 Å². The lowest BCUT2D eigenvalue weighted by Crippen LogP contribution is -2.29. The molecule has 1 aliphatic rings. The van der Waals surface area contributed by atoms with Gasteiger partial charge in [-0.3, -0.25) is 9.69 Å². The van der Waals surface area contributed by atoms with Crippen molar-refractivity contribution in [2.45, 2.75) is 6.42 Å². The molecule has 0 bridgehead atoms. The molecule has 0 atom stereocenters. The third kappa shape index (κ3) is 1.94. The predicted octanol–water partition coefficient (Wildman–Crippen LogP) is 3.04. The average molecular weight is 294 g/mol. The summed E-state index contributed by atoms with van der Waals surface area (Å²) in [7, 11) is 1.64. The molecule has 0 saturated carbocycles. The van der Waals surface area contributed by atoms with Gasteiger partial charge in [-0.1, -0.05) is 0 Å². The lowest BCUT2D eigenvalue weighted by atomic mass is 10.1. The molecule has 0 aliphatic carbocycles. The standard InChI is InChI=1S/C17H14N2O3/c1-21-13-4-5-14-12(10-13)9-11-6-7-19(16(11)18-14)17(20)15-3-2-8-22-15/h2-5,8-10H,6-7H2,1H3. The van der Waals surface area contributed by atoms with Crippen molar-refractivity contribution in [3.8, 4) is 5.75 Å². The molecule has 3 aromatic rings. The van der Waals surface area contributed by atoms with E-state index in [-0.39, 0.29) is 5.91 Å². The maximum atomic E-state index is 12.5. The smallest absolute Gasteiger partial charge is 0.295 e. The van der Waals surface area contributed by atoms with Crippen LogP contribution in [0.25, 0.3) is 10.9 Å². The number of rotatable bonds is 2. The van der Waals surface area contributed by atoms with E-state index < -0.39 is 0 Å². The third-order valence-electron chi connectivity index (χ3n) is 3.92. The summed E-state index contributed by atoms with van der Waals surface area (Å²) in [5, 5.41) is 1.02. The van der Waals surface area contributed by atoms with Crippen molar-refractivity contribution < 1.29 is 13.9 Å². The number of ether oxygens (including phenoxy) is 1. The number of aromatic nitrogens is 1. The van der Waals surface area contributed by atoms with Gasteiger partial charge in [0, 0.05) is 11.9 Å². The van der Waals surface area contributed by atoms with Crippen LogP contribution in [0.5, 0.6) is 5.75 Å². The Morgan fingerprint density at radius 2 is 2.23 bits per heavy atom. The van der Waals surface area contributed by atoms with E-state index in [1.165, 1.54) is 6.26 Å². The van der Waals surface area contributed by atoms with Crippen LogP contribution in [0.4, 0.5) is 5.82 Å². The number of carbonyl (C=O) groups is 1. The van der Waals surface area contributed by atoms with Crippen molar-refractivity contribution in [2.24, 2.45) is 0 Å². The van der Waals surface area contributed by atoms with E-state index in [1.807, 2.05) is 18.2 Å². The summed E-state index contributed by atoms with van der Waals surface area (Å²) in [5.74, 6) is 1.71. The van der Waals surface area contributed by atoms with E-state index in [2.05, 4.69) is 11.1 Å². The number of nitrogens with zero attached hydrogens (tertiary/aromatic N) is 2. The number of pyridine rings is 1. The topological polar surface area (TPSA) is 55.6 Å². The molecule has 5 nitrogen and oxygen atoms in total. The zero-order chi connectivity index (χ0) is 15.1. The molecule has 0 saturated heterocycles. The Morgan fingerprint density at radius 3 is 3.00 bits per heavy atom. The zero-order valence-corrected chi connectivity index (χ0v) is 12.1. The molecule has 1 aromatic carbocycles. The first-order valence-corrected chi connectivity index (χ1v) is 7.09. The Morgan fingerprint density at radius 1 is 1.32 bits per heavy atom. The van der Waals surface area contributed by atoms with Gasteiger partial charge in [0.05, 0.1) is 18.9 Å². The Balaban J connectivity index is 1.78. The second-order valence-corrected chi connectivity index (χ2v) is 5.21. The molecular formula is C17H14N2O3. The summed E-state index contributed by atoms with van der Waals surface area (Å²) in [6.45, 7) is 0.620. The van der Waals surface area contributed by atoms with E-state index in [4.69, 9.17) is 9.15 Å². The molecule has 0 spiro atoms. The second kappa shape index (κ2) is 4.87. The summed E-state index contributed by atoms with van der Waals surface area (Å²) in [6, 6.07) is 11.2. The van der Waals surface area contributed by atoms with Crippen LogP contribution in [-0.4, -0.2) is 24.5 Å². The fraction of sp³-hybridized carbons (Fsp3) is 0.176. The lowest BCUT2D eigenvalue weighted by Gasteiger charge is -2.15. The number of hydrogen-bond acceptors (Lipinski definition) is 4. The van der Waals surface area contributed by atoms with Crippen molar-refractivity contribution in [3.05, 3.63) is 54.0 Å². The number of furan rings is 1. The lowest BCUT2D eigenvalue weighted by molar-refractivity contribution is 0.0962. The highest BCUT2D eigenvalue weighted by atomic mass is 16.5. The van der Waals surface area contributed by atoms with Crippen LogP contribution in [0.1, 0.15) is 16.1 Å². The predicted molar refractivity (Wildman–Crippen MR) is 82.4 cm³/mol. The Bertz CT molecular complexity index is 856. The van der Waals surface area contributed by atoms with Crippen LogP contribution in [0.3, 0.4) is 0 Å². The molecule has 110 valence electrons. The number of anilines is 1. The van der Waals surface area contributed by atoms with Gasteiger partial charge in [0.15, 0.2) is 5.76 Å². The maximum absolute atomic E-state index is 12.5. The van der Waals surface area contributed by atoms with Crippen LogP contribution in [0.2, 0.25) is 0 Å². The number of fused-ring (bicyclic) bond motifs is 2. The molecule has 3 heterocycles. The minimum atomic E-state index is -0.149. The van der Waals surface area contributed by atoms with Gasteiger partial charge < -0.3 is 9.15 Å². The summed E-state index contributed by atoms with van der Waals surface area (Å²) in [5.41, 5.74) is 1.92. The minimum absolute atomic E-state index is 0.149. The molecule has 22 heavy (non-hydrogen) atoms. The maximum Gasteiger partial charge on any atom is 0.295 e. The number of methoxy groups -OCH3 is 1. The van der Waals surface area contributed by atoms with E-state index in [1.54, 1.807) is 24.1 Å². The van der Waals surface area contributed by atoms with Gasteiger partial charge >= 0.3 is 0 Å². The largest absolute Gasteiger partial charge is 0.497 e. The van der Waals surface area contributed by atoms with Crippen molar-refractivity contribution in [2.75, 3.05) is 18.6 Å². The molecule has 2 aromatic heterocycles. The summed E-state index contributed by atoms with van der Waals surface area (Å²) in [6.07, 6.45) is 2.30. The van der Waals surface area contributed by atoms with E-state index in [0.717, 1.165) is 34.5 Å². The first-order valence-electron chi connectivity index (χ1n) is 7.09. The molecule has 1 aliphatic heterocycles. The molecule has 4 rings (SSSR count). The van der Waals surface area contributed by atoms with E-state index >= 15 is 0 Å². The van der Waals surface area contributed by atoms with Crippen LogP contribution in [0, 0.1) is 0 Å². The molecule has 1 amide bonds. The first-order chi connectivity index (χ1) is 10.8. The number of hydrogen-bond donors (Lipinski definition) is 0. The average Bonchev–Trinajstić information content (AvgIpc) is 3.21. The quantitative estimate of drug-likeness (QED) is 0.729. The van der Waals surface area contributed by atoms with Crippen molar-refractivity contribution in [1.82, 2.24) is 4.98 Å². The SMILES string of the molecule is COc1ccc2nc3c(cc2c1)CCN3C(=O)c1ccco1. The Hall–Kier alpha value is -2.82. The molecular weight excluding hydrogens is 280 g/mol. The van der Waals surface area contributed by atoms with Crippen LogP contribution < -0.4 is 9.64 Å². The highest BCUT2D eigenvalue weighted by molar-refractivity contribution is 6.05. The van der Waals surface area contributed by atoms with Crippen LogP contribution in [-0.2, 0) is 6.42 Å². The molecule has 0 fully saturated rings. The van der Waals surface area contributed by atoms with Gasteiger partial charge in [-0.2, -0.15) is 0 Å². The highest BCUT2D eigenvalue weighted by Gasteiger charge is 2.28. The number of carbonyl (C=O) groups excluding carboxylic acids is 1. The Kier molecular flexibility index (Phi) is 2.85. The first kappa shape index (κ1) is 12.9. The number of amides is 1. The van der Waals surface area contributed by atoms with Gasteiger partial charge in [-0.05, 0) is 48.4 Å². The van der Waals surface area contributed by atoms with Crippen molar-refractivity contribution >= 4 is 22.6 Å². The van der Waals surface area contributed by atoms with Gasteiger partial charge in [0.1, 0.15) is 11.6 Å². The highest BCUT2D eigenvalue weighted by Crippen LogP contribution is 2.31. The Labute approximate surface area is 127 Å². The fourth-order valence-electron chi connectivity index (χ4n) is 2.80. The number of benzene rings is 1. The zero-order valence-electron chi connectivity index (χ0n) is 12.1. The van der Waals surface area contributed by atoms with Gasteiger partial charge in [0.2, 0.25) is 0 Å². The monoisotopic (exact) mass is 294 g/mol. The summed E-state index contributed by atoms with van der Waals surface area (Å²) in [4.78, 5) is 18.8. The van der Waals surface area contributed by atoms with Gasteiger partial charge in [-0.25, -0.2) is 4.98 Å². The molecule has 0 radical (unpaired) electrons. The molecule has 0 N–H and O–H groups in total. The van der Waals surface area contributed by atoms with Gasteiger partial charge in [0.25, 0.3) is 5.91 Å². The third-order valence-corrected chi connectivity index (χ3v) is 3.92. The van der Waals surface area contributed by atoms with Crippen molar-refractivity contribution in [3.63, 3.8) is 0 Å². The molecule has 0 unspecified atom stereocenters. The van der Waals surface area contributed by atoms with Crippen LogP contribution >= 0.6 is 0 Å². The summed E-state index contributed by atoms with van der Waals surface area (Å²) < 4.78 is 10.5. The van der Waals surface area contributed by atoms with E-state index in [9.17, 15) is 4.79 Å². The minimum Gasteiger partial charge on any atom is -0.497 e.